The largest absolute Gasteiger partial charge is 0.383 e. The summed E-state index contributed by atoms with van der Waals surface area (Å²) in [5, 5.41) is 10.5. The highest BCUT2D eigenvalue weighted by Gasteiger charge is 2.27. The molecule has 13 heavy (non-hydrogen) atoms. The maximum absolute atomic E-state index is 10.2. The Kier molecular flexibility index (Phi) is 3.85. The predicted octanol–water partition coefficient (Wildman–Crippen LogP) is -0.809. The van der Waals surface area contributed by atoms with E-state index in [1.165, 1.54) is 12.8 Å². The first-order valence-corrected chi connectivity index (χ1v) is 4.29. The Hall–Kier alpha value is -0.940. The van der Waals surface area contributed by atoms with Gasteiger partial charge in [0.05, 0.1) is 6.42 Å². The SMILES string of the molecule is C1CCOC1.O=C1CC(O)C(=O)N1. The molecule has 5 heteroatoms. The molecule has 0 saturated carbocycles. The number of aliphatic hydroxyl groups excluding tert-OH is 1. The lowest BCUT2D eigenvalue weighted by Gasteiger charge is -1.88. The third-order valence-corrected chi connectivity index (χ3v) is 1.77. The maximum Gasteiger partial charge on any atom is 0.255 e. The lowest BCUT2D eigenvalue weighted by molar-refractivity contribution is -0.127. The van der Waals surface area contributed by atoms with E-state index in [9.17, 15) is 9.59 Å². The minimum absolute atomic E-state index is 0.0845. The zero-order valence-corrected chi connectivity index (χ0v) is 7.28. The van der Waals surface area contributed by atoms with Crippen LogP contribution >= 0.6 is 0 Å². The molecular weight excluding hydrogens is 174 g/mol. The fraction of sp³-hybridized carbons (Fsp3) is 0.750. The summed E-state index contributed by atoms with van der Waals surface area (Å²) >= 11 is 0. The second-order valence-electron chi connectivity index (χ2n) is 2.95. The molecule has 74 valence electrons. The number of hydrogen-bond donors (Lipinski definition) is 2. The minimum Gasteiger partial charge on any atom is -0.383 e. The van der Waals surface area contributed by atoms with Crippen LogP contribution in [0.1, 0.15) is 19.3 Å². The van der Waals surface area contributed by atoms with Crippen LogP contribution in [0.25, 0.3) is 0 Å². The van der Waals surface area contributed by atoms with Gasteiger partial charge in [0.1, 0.15) is 6.10 Å². The molecular formula is C8H13NO4. The molecule has 0 aliphatic carbocycles. The van der Waals surface area contributed by atoms with Gasteiger partial charge in [-0.2, -0.15) is 0 Å². The molecule has 0 bridgehead atoms. The second-order valence-corrected chi connectivity index (χ2v) is 2.95. The highest BCUT2D eigenvalue weighted by Crippen LogP contribution is 1.98. The molecule has 2 aliphatic heterocycles. The molecule has 0 radical (unpaired) electrons. The van der Waals surface area contributed by atoms with Crippen LogP contribution < -0.4 is 5.32 Å². The van der Waals surface area contributed by atoms with Crippen molar-refractivity contribution in [1.82, 2.24) is 5.32 Å². The molecule has 0 aromatic carbocycles. The predicted molar refractivity (Wildman–Crippen MR) is 43.8 cm³/mol. The van der Waals surface area contributed by atoms with Crippen LogP contribution in [0.4, 0.5) is 0 Å². The van der Waals surface area contributed by atoms with E-state index in [0.717, 1.165) is 13.2 Å². The smallest absolute Gasteiger partial charge is 0.255 e. The average Bonchev–Trinajstić information content (AvgIpc) is 2.66. The van der Waals surface area contributed by atoms with Gasteiger partial charge in [0.15, 0.2) is 0 Å². The van der Waals surface area contributed by atoms with Crippen LogP contribution in [0.2, 0.25) is 0 Å². The third kappa shape index (κ3) is 3.52. The zero-order valence-electron chi connectivity index (χ0n) is 7.28. The summed E-state index contributed by atoms with van der Waals surface area (Å²) in [7, 11) is 0. The normalized spacial score (nSPS) is 26.7. The highest BCUT2D eigenvalue weighted by molar-refractivity contribution is 6.04. The Labute approximate surface area is 76.1 Å². The van der Waals surface area contributed by atoms with Crippen molar-refractivity contribution < 1.29 is 19.4 Å². The number of ether oxygens (including phenoxy) is 1. The van der Waals surface area contributed by atoms with E-state index in [2.05, 4.69) is 0 Å². The van der Waals surface area contributed by atoms with E-state index >= 15 is 0 Å². The van der Waals surface area contributed by atoms with Crippen molar-refractivity contribution in [2.24, 2.45) is 0 Å². The fourth-order valence-electron chi connectivity index (χ4n) is 1.05. The van der Waals surface area contributed by atoms with Crippen molar-refractivity contribution in [2.75, 3.05) is 13.2 Å². The van der Waals surface area contributed by atoms with Crippen molar-refractivity contribution >= 4 is 11.8 Å². The quantitative estimate of drug-likeness (QED) is 0.486. The number of nitrogens with one attached hydrogen (secondary N) is 1. The summed E-state index contributed by atoms with van der Waals surface area (Å²) in [5.41, 5.74) is 0. The number of amides is 2. The molecule has 2 heterocycles. The Morgan fingerprint density at radius 1 is 1.31 bits per heavy atom. The first-order chi connectivity index (χ1) is 6.20. The number of carbonyl (C=O) groups excluding carboxylic acids is 2. The number of hydrogen-bond acceptors (Lipinski definition) is 4. The molecule has 2 saturated heterocycles. The molecule has 0 aromatic rings. The van der Waals surface area contributed by atoms with Crippen LogP contribution in [-0.2, 0) is 14.3 Å². The summed E-state index contributed by atoms with van der Waals surface area (Å²) in [6.45, 7) is 2.00. The van der Waals surface area contributed by atoms with Gasteiger partial charge in [-0.3, -0.25) is 14.9 Å². The molecule has 0 spiro atoms. The van der Waals surface area contributed by atoms with E-state index < -0.39 is 17.9 Å². The van der Waals surface area contributed by atoms with Crippen LogP contribution in [0, 0.1) is 0 Å². The van der Waals surface area contributed by atoms with Crippen molar-refractivity contribution in [3.8, 4) is 0 Å². The van der Waals surface area contributed by atoms with E-state index in [1.54, 1.807) is 0 Å². The zero-order chi connectivity index (χ0) is 9.68. The molecule has 2 fully saturated rings. The molecule has 0 aromatic heterocycles. The summed E-state index contributed by atoms with van der Waals surface area (Å²) in [5.74, 6) is -0.988. The number of carbonyl (C=O) groups is 2. The molecule has 2 aliphatic rings. The van der Waals surface area contributed by atoms with Crippen LogP contribution in [0.5, 0.6) is 0 Å². The fourth-order valence-corrected chi connectivity index (χ4v) is 1.05. The van der Waals surface area contributed by atoms with Crippen molar-refractivity contribution in [3.05, 3.63) is 0 Å². The third-order valence-electron chi connectivity index (χ3n) is 1.77. The standard InChI is InChI=1S/C4H5NO3.C4H8O/c6-2-1-3(7)5-4(2)8;1-2-4-5-3-1/h2,6H,1H2,(H,5,7,8);1-4H2. The summed E-state index contributed by atoms with van der Waals surface area (Å²) in [6, 6.07) is 0. The monoisotopic (exact) mass is 187 g/mol. The number of aliphatic hydroxyl groups is 1. The van der Waals surface area contributed by atoms with E-state index in [0.29, 0.717) is 0 Å². The molecule has 2 amide bonds. The van der Waals surface area contributed by atoms with Gasteiger partial charge in [0.25, 0.3) is 5.91 Å². The minimum atomic E-state index is -1.11. The lowest BCUT2D eigenvalue weighted by Crippen LogP contribution is -2.24. The Bertz CT molecular complexity index is 193. The number of imide groups is 1. The van der Waals surface area contributed by atoms with E-state index in [4.69, 9.17) is 9.84 Å². The Morgan fingerprint density at radius 3 is 2.08 bits per heavy atom. The summed E-state index contributed by atoms with van der Waals surface area (Å²) in [6.07, 6.45) is 1.36. The van der Waals surface area contributed by atoms with Gasteiger partial charge in [-0.1, -0.05) is 0 Å². The number of rotatable bonds is 0. The maximum atomic E-state index is 10.2. The Morgan fingerprint density at radius 2 is 1.92 bits per heavy atom. The summed E-state index contributed by atoms with van der Waals surface area (Å²) in [4.78, 5) is 20.4. The highest BCUT2D eigenvalue weighted by atomic mass is 16.5. The lowest BCUT2D eigenvalue weighted by atomic mass is 10.3. The first kappa shape index (κ1) is 10.1. The topological polar surface area (TPSA) is 75.6 Å². The van der Waals surface area contributed by atoms with Crippen LogP contribution in [-0.4, -0.2) is 36.2 Å². The van der Waals surface area contributed by atoms with E-state index in [-0.39, 0.29) is 6.42 Å². The van der Waals surface area contributed by atoms with Gasteiger partial charge in [-0.05, 0) is 12.8 Å². The van der Waals surface area contributed by atoms with Gasteiger partial charge in [0, 0.05) is 13.2 Å². The summed E-state index contributed by atoms with van der Waals surface area (Å²) < 4.78 is 4.94. The molecule has 2 N–H and O–H groups in total. The molecule has 1 atom stereocenters. The van der Waals surface area contributed by atoms with Crippen LogP contribution in [0.3, 0.4) is 0 Å². The van der Waals surface area contributed by atoms with Gasteiger partial charge < -0.3 is 9.84 Å². The van der Waals surface area contributed by atoms with Crippen molar-refractivity contribution in [1.29, 1.82) is 0 Å². The van der Waals surface area contributed by atoms with Crippen molar-refractivity contribution in [3.63, 3.8) is 0 Å². The van der Waals surface area contributed by atoms with Crippen molar-refractivity contribution in [2.45, 2.75) is 25.4 Å². The first-order valence-electron chi connectivity index (χ1n) is 4.29. The Balaban J connectivity index is 0.000000145. The molecule has 5 nitrogen and oxygen atoms in total. The molecule has 1 unspecified atom stereocenters. The van der Waals surface area contributed by atoms with Gasteiger partial charge in [-0.15, -0.1) is 0 Å². The van der Waals surface area contributed by atoms with Gasteiger partial charge in [0.2, 0.25) is 5.91 Å². The van der Waals surface area contributed by atoms with Crippen LogP contribution in [0.15, 0.2) is 0 Å². The van der Waals surface area contributed by atoms with Gasteiger partial charge in [-0.25, -0.2) is 0 Å². The molecule has 2 rings (SSSR count). The average molecular weight is 187 g/mol. The van der Waals surface area contributed by atoms with Gasteiger partial charge >= 0.3 is 0 Å². The van der Waals surface area contributed by atoms with E-state index in [1.807, 2.05) is 5.32 Å². The second kappa shape index (κ2) is 4.94.